The maximum absolute atomic E-state index is 4.58. The predicted molar refractivity (Wildman–Crippen MR) is 86.0 cm³/mol. The van der Waals surface area contributed by atoms with Crippen molar-refractivity contribution in [3.8, 4) is 0 Å². The second-order valence-corrected chi connectivity index (χ2v) is 5.33. The third kappa shape index (κ3) is 3.09. The molecule has 3 nitrogen and oxygen atoms in total. The van der Waals surface area contributed by atoms with Gasteiger partial charge in [0.15, 0.2) is 0 Å². The third-order valence-corrected chi connectivity index (χ3v) is 3.71. The van der Waals surface area contributed by atoms with Gasteiger partial charge in [-0.2, -0.15) is 0 Å². The normalized spacial score (nSPS) is 12.5. The monoisotopic (exact) mass is 277 g/mol. The molecule has 0 fully saturated rings. The summed E-state index contributed by atoms with van der Waals surface area (Å²) in [6.07, 6.45) is 3.71. The van der Waals surface area contributed by atoms with E-state index >= 15 is 0 Å². The number of benzene rings is 1. The average Bonchev–Trinajstić information content (AvgIpc) is 2.53. The largest absolute Gasteiger partial charge is 0.306 e. The van der Waals surface area contributed by atoms with Crippen LogP contribution >= 0.6 is 0 Å². The van der Waals surface area contributed by atoms with Crippen molar-refractivity contribution in [2.75, 3.05) is 0 Å². The van der Waals surface area contributed by atoms with Crippen molar-refractivity contribution in [2.24, 2.45) is 0 Å². The van der Waals surface area contributed by atoms with Crippen molar-refractivity contribution in [1.82, 2.24) is 15.3 Å². The highest BCUT2D eigenvalue weighted by molar-refractivity contribution is 5.82. The van der Waals surface area contributed by atoms with Gasteiger partial charge in [-0.05, 0) is 43.2 Å². The van der Waals surface area contributed by atoms with E-state index in [1.54, 1.807) is 6.20 Å². The molecule has 3 heteroatoms. The van der Waals surface area contributed by atoms with Gasteiger partial charge in [0.1, 0.15) is 0 Å². The summed E-state index contributed by atoms with van der Waals surface area (Å²) in [5, 5.41) is 4.78. The summed E-state index contributed by atoms with van der Waals surface area (Å²) in [6.45, 7) is 5.02. The Bertz CT molecular complexity index is 738. The highest BCUT2D eigenvalue weighted by Crippen LogP contribution is 2.19. The molecular formula is C18H19N3. The van der Waals surface area contributed by atoms with Crippen LogP contribution in [0, 0.1) is 6.92 Å². The lowest BCUT2D eigenvalue weighted by atomic mass is 10.1. The summed E-state index contributed by atoms with van der Waals surface area (Å²) < 4.78 is 0. The Labute approximate surface area is 125 Å². The van der Waals surface area contributed by atoms with Crippen LogP contribution in [0.25, 0.3) is 10.9 Å². The fourth-order valence-electron chi connectivity index (χ4n) is 2.55. The number of fused-ring (bicyclic) bond motifs is 1. The topological polar surface area (TPSA) is 37.8 Å². The third-order valence-electron chi connectivity index (χ3n) is 3.71. The van der Waals surface area contributed by atoms with E-state index in [9.17, 15) is 0 Å². The number of hydrogen-bond donors (Lipinski definition) is 1. The Balaban J connectivity index is 1.82. The molecule has 0 saturated carbocycles. The lowest BCUT2D eigenvalue weighted by molar-refractivity contribution is 0.574. The Morgan fingerprint density at radius 2 is 2.00 bits per heavy atom. The van der Waals surface area contributed by atoms with E-state index in [4.69, 9.17) is 0 Å². The summed E-state index contributed by atoms with van der Waals surface area (Å²) in [5.41, 5.74) is 4.60. The summed E-state index contributed by atoms with van der Waals surface area (Å²) >= 11 is 0. The first-order valence-electron chi connectivity index (χ1n) is 7.22. The first-order chi connectivity index (χ1) is 10.2. The van der Waals surface area contributed by atoms with Crippen LogP contribution in [0.3, 0.4) is 0 Å². The van der Waals surface area contributed by atoms with Crippen LogP contribution in [0.1, 0.15) is 29.8 Å². The van der Waals surface area contributed by atoms with Crippen molar-refractivity contribution in [3.05, 3.63) is 71.7 Å². The van der Waals surface area contributed by atoms with Crippen LogP contribution in [0.4, 0.5) is 0 Å². The summed E-state index contributed by atoms with van der Waals surface area (Å²) in [6, 6.07) is 14.8. The van der Waals surface area contributed by atoms with Crippen molar-refractivity contribution in [2.45, 2.75) is 26.4 Å². The Hall–Kier alpha value is -2.26. The standard InChI is InChI=1S/C18H19N3/c1-13-10-16(17-7-3-4-8-18(17)21-13)12-20-14(2)15-6-5-9-19-11-15/h3-11,14,20H,12H2,1-2H3/t14-/m1/s1. The highest BCUT2D eigenvalue weighted by atomic mass is 14.9. The van der Waals surface area contributed by atoms with E-state index in [1.807, 2.05) is 25.3 Å². The summed E-state index contributed by atoms with van der Waals surface area (Å²) in [7, 11) is 0. The molecule has 1 atom stereocenters. The fourth-order valence-corrected chi connectivity index (χ4v) is 2.55. The van der Waals surface area contributed by atoms with Crippen LogP contribution in [-0.4, -0.2) is 9.97 Å². The van der Waals surface area contributed by atoms with Gasteiger partial charge in [-0.1, -0.05) is 24.3 Å². The molecule has 1 aromatic carbocycles. The zero-order valence-electron chi connectivity index (χ0n) is 12.4. The smallest absolute Gasteiger partial charge is 0.0708 e. The second kappa shape index (κ2) is 6.02. The van der Waals surface area contributed by atoms with Gasteiger partial charge >= 0.3 is 0 Å². The van der Waals surface area contributed by atoms with E-state index in [2.05, 4.69) is 52.5 Å². The van der Waals surface area contributed by atoms with Crippen molar-refractivity contribution in [1.29, 1.82) is 0 Å². The first-order valence-corrected chi connectivity index (χ1v) is 7.22. The van der Waals surface area contributed by atoms with Gasteiger partial charge in [-0.15, -0.1) is 0 Å². The Morgan fingerprint density at radius 3 is 2.81 bits per heavy atom. The number of nitrogens with zero attached hydrogens (tertiary/aromatic N) is 2. The lowest BCUT2D eigenvalue weighted by Gasteiger charge is -2.15. The maximum Gasteiger partial charge on any atom is 0.0708 e. The zero-order chi connectivity index (χ0) is 14.7. The molecule has 0 amide bonds. The zero-order valence-corrected chi connectivity index (χ0v) is 12.4. The molecule has 2 aromatic heterocycles. The molecule has 0 aliphatic carbocycles. The number of para-hydroxylation sites is 1. The van der Waals surface area contributed by atoms with Gasteiger partial charge in [0.05, 0.1) is 5.52 Å². The first kappa shape index (κ1) is 13.7. The van der Waals surface area contributed by atoms with E-state index in [0.717, 1.165) is 17.8 Å². The van der Waals surface area contributed by atoms with Gasteiger partial charge in [0.25, 0.3) is 0 Å². The molecule has 3 aromatic rings. The van der Waals surface area contributed by atoms with E-state index in [0.29, 0.717) is 0 Å². The molecule has 2 heterocycles. The van der Waals surface area contributed by atoms with Gasteiger partial charge < -0.3 is 5.32 Å². The lowest BCUT2D eigenvalue weighted by Crippen LogP contribution is -2.18. The van der Waals surface area contributed by atoms with Crippen LogP contribution in [0.5, 0.6) is 0 Å². The summed E-state index contributed by atoms with van der Waals surface area (Å²) in [4.78, 5) is 8.76. The number of aromatic nitrogens is 2. The minimum absolute atomic E-state index is 0.269. The van der Waals surface area contributed by atoms with E-state index in [1.165, 1.54) is 16.5 Å². The van der Waals surface area contributed by atoms with E-state index < -0.39 is 0 Å². The number of nitrogens with one attached hydrogen (secondary N) is 1. The molecule has 0 aliphatic heterocycles. The molecule has 0 aliphatic rings. The molecular weight excluding hydrogens is 258 g/mol. The van der Waals surface area contributed by atoms with Crippen LogP contribution < -0.4 is 5.32 Å². The van der Waals surface area contributed by atoms with Gasteiger partial charge in [-0.25, -0.2) is 0 Å². The molecule has 106 valence electrons. The molecule has 1 N–H and O–H groups in total. The average molecular weight is 277 g/mol. The molecule has 0 unspecified atom stereocenters. The van der Waals surface area contributed by atoms with Gasteiger partial charge in [0, 0.05) is 36.1 Å². The molecule has 3 rings (SSSR count). The maximum atomic E-state index is 4.58. The Kier molecular flexibility index (Phi) is 3.93. The number of rotatable bonds is 4. The van der Waals surface area contributed by atoms with Crippen LogP contribution in [-0.2, 0) is 6.54 Å². The van der Waals surface area contributed by atoms with Crippen molar-refractivity contribution >= 4 is 10.9 Å². The molecule has 21 heavy (non-hydrogen) atoms. The van der Waals surface area contributed by atoms with Crippen LogP contribution in [0.2, 0.25) is 0 Å². The predicted octanol–water partition coefficient (Wildman–Crippen LogP) is 3.79. The van der Waals surface area contributed by atoms with E-state index in [-0.39, 0.29) is 6.04 Å². The molecule has 0 bridgehead atoms. The minimum atomic E-state index is 0.269. The number of aryl methyl sites for hydroxylation is 1. The van der Waals surface area contributed by atoms with Crippen LogP contribution in [0.15, 0.2) is 54.9 Å². The summed E-state index contributed by atoms with van der Waals surface area (Å²) in [5.74, 6) is 0. The molecule has 0 radical (unpaired) electrons. The van der Waals surface area contributed by atoms with Gasteiger partial charge in [0.2, 0.25) is 0 Å². The second-order valence-electron chi connectivity index (χ2n) is 5.33. The molecule has 0 saturated heterocycles. The SMILES string of the molecule is Cc1cc(CN[C@H](C)c2cccnc2)c2ccccc2n1. The quantitative estimate of drug-likeness (QED) is 0.788. The highest BCUT2D eigenvalue weighted by Gasteiger charge is 2.07. The van der Waals surface area contributed by atoms with Crippen molar-refractivity contribution in [3.63, 3.8) is 0 Å². The molecule has 0 spiro atoms. The van der Waals surface area contributed by atoms with Gasteiger partial charge in [-0.3, -0.25) is 9.97 Å². The fraction of sp³-hybridized carbons (Fsp3) is 0.222. The van der Waals surface area contributed by atoms with Crippen molar-refractivity contribution < 1.29 is 0 Å². The number of pyridine rings is 2. The Morgan fingerprint density at radius 1 is 1.14 bits per heavy atom. The number of hydrogen-bond acceptors (Lipinski definition) is 3. The minimum Gasteiger partial charge on any atom is -0.306 e.